The van der Waals surface area contributed by atoms with Crippen molar-refractivity contribution < 1.29 is 17.9 Å². The lowest BCUT2D eigenvalue weighted by Crippen LogP contribution is -2.30. The lowest BCUT2D eigenvalue weighted by atomic mass is 10.1. The highest BCUT2D eigenvalue weighted by Gasteiger charge is 2.36. The van der Waals surface area contributed by atoms with Crippen LogP contribution in [0.4, 0.5) is 5.69 Å². The van der Waals surface area contributed by atoms with E-state index >= 15 is 0 Å². The van der Waals surface area contributed by atoms with Gasteiger partial charge in [-0.2, -0.15) is 13.1 Å². The number of aldehydes is 1. The molecular formula is C18H18N2O4S. The summed E-state index contributed by atoms with van der Waals surface area (Å²) in [5.74, 6) is 0.415. The second-order valence-corrected chi connectivity index (χ2v) is 7.23. The van der Waals surface area contributed by atoms with Crippen LogP contribution >= 0.6 is 0 Å². The van der Waals surface area contributed by atoms with Gasteiger partial charge in [-0.05, 0) is 23.3 Å². The number of anilines is 1. The van der Waals surface area contributed by atoms with Gasteiger partial charge in [0.15, 0.2) is 0 Å². The van der Waals surface area contributed by atoms with Gasteiger partial charge < -0.3 is 9.53 Å². The number of rotatable bonds is 6. The molecule has 7 heteroatoms. The van der Waals surface area contributed by atoms with Crippen molar-refractivity contribution in [3.05, 3.63) is 66.2 Å². The highest BCUT2D eigenvalue weighted by molar-refractivity contribution is 7.91. The van der Waals surface area contributed by atoms with Gasteiger partial charge in [-0.1, -0.05) is 49.1 Å². The number of benzene rings is 2. The van der Waals surface area contributed by atoms with Gasteiger partial charge in [-0.25, -0.2) is 0 Å². The molecule has 0 amide bonds. The molecule has 0 aromatic heterocycles. The molecule has 1 N–H and O–H groups in total. The molecule has 0 bridgehead atoms. The maximum atomic E-state index is 12.3. The number of nitrogens with zero attached hydrogens (tertiary/aromatic N) is 1. The van der Waals surface area contributed by atoms with Crippen LogP contribution in [-0.4, -0.2) is 27.3 Å². The van der Waals surface area contributed by atoms with Crippen LogP contribution in [0.25, 0.3) is 6.08 Å². The fraction of sp³-hybridized carbons (Fsp3) is 0.167. The zero-order valence-electron chi connectivity index (χ0n) is 13.5. The third-order valence-electron chi connectivity index (χ3n) is 3.84. The molecule has 0 aliphatic carbocycles. The largest absolute Gasteiger partial charge is 0.487 e. The Bertz CT molecular complexity index is 881. The maximum Gasteiger partial charge on any atom is 0.302 e. The van der Waals surface area contributed by atoms with Gasteiger partial charge in [0.2, 0.25) is 0 Å². The zero-order chi connectivity index (χ0) is 17.9. The molecular weight excluding hydrogens is 340 g/mol. The fourth-order valence-corrected chi connectivity index (χ4v) is 3.99. The maximum absolute atomic E-state index is 12.3. The number of hydrogen-bond donors (Lipinski definition) is 1. The molecule has 2 aromatic carbocycles. The molecule has 130 valence electrons. The van der Waals surface area contributed by atoms with Crippen LogP contribution in [0.5, 0.6) is 5.75 Å². The third kappa shape index (κ3) is 3.72. The van der Waals surface area contributed by atoms with E-state index in [2.05, 4.69) is 11.3 Å². The van der Waals surface area contributed by atoms with E-state index in [0.717, 1.165) is 15.4 Å². The minimum Gasteiger partial charge on any atom is -0.487 e. The highest BCUT2D eigenvalue weighted by atomic mass is 32.2. The van der Waals surface area contributed by atoms with Gasteiger partial charge in [-0.3, -0.25) is 4.31 Å². The zero-order valence-corrected chi connectivity index (χ0v) is 14.3. The summed E-state index contributed by atoms with van der Waals surface area (Å²) in [6, 6.07) is 13.9. The van der Waals surface area contributed by atoms with Crippen LogP contribution in [0.1, 0.15) is 11.1 Å². The molecule has 1 unspecified atom stereocenters. The molecule has 0 saturated carbocycles. The van der Waals surface area contributed by atoms with E-state index in [-0.39, 0.29) is 6.54 Å². The summed E-state index contributed by atoms with van der Waals surface area (Å²) < 4.78 is 33.9. The molecule has 2 aromatic rings. The SMILES string of the molecule is C=Cc1ccc(N2CC(C=O)NS2(=O)=O)c(OCc2ccccc2)c1. The van der Waals surface area contributed by atoms with Crippen molar-refractivity contribution >= 4 is 28.3 Å². The molecule has 25 heavy (non-hydrogen) atoms. The minimum atomic E-state index is -3.78. The van der Waals surface area contributed by atoms with Crippen LogP contribution in [0.2, 0.25) is 0 Å². The Morgan fingerprint density at radius 1 is 1.24 bits per heavy atom. The first-order valence-electron chi connectivity index (χ1n) is 7.72. The van der Waals surface area contributed by atoms with Gasteiger partial charge in [0.25, 0.3) is 0 Å². The van der Waals surface area contributed by atoms with E-state index in [9.17, 15) is 13.2 Å². The van der Waals surface area contributed by atoms with E-state index < -0.39 is 16.3 Å². The smallest absolute Gasteiger partial charge is 0.302 e. The van der Waals surface area contributed by atoms with Crippen LogP contribution < -0.4 is 13.8 Å². The summed E-state index contributed by atoms with van der Waals surface area (Å²) >= 11 is 0. The highest BCUT2D eigenvalue weighted by Crippen LogP contribution is 2.34. The summed E-state index contributed by atoms with van der Waals surface area (Å²) in [5, 5.41) is 0. The second-order valence-electron chi connectivity index (χ2n) is 5.60. The standard InChI is InChI=1S/C18H18N2O4S/c1-2-14-8-9-17(20-11-16(12-21)19-25(20,22)23)18(10-14)24-13-15-6-4-3-5-7-15/h2-10,12,16,19H,1,11,13H2. The quantitative estimate of drug-likeness (QED) is 0.803. The molecule has 0 spiro atoms. The Labute approximate surface area is 146 Å². The molecule has 1 aliphatic heterocycles. The molecule has 1 heterocycles. The van der Waals surface area contributed by atoms with Crippen LogP contribution in [0.3, 0.4) is 0 Å². The third-order valence-corrected chi connectivity index (χ3v) is 5.37. The molecule has 1 fully saturated rings. The molecule has 0 radical (unpaired) electrons. The lowest BCUT2D eigenvalue weighted by Gasteiger charge is -2.20. The number of carbonyl (C=O) groups is 1. The van der Waals surface area contributed by atoms with Crippen molar-refractivity contribution in [2.24, 2.45) is 0 Å². The topological polar surface area (TPSA) is 75.7 Å². The van der Waals surface area contributed by atoms with Crippen molar-refractivity contribution in [2.45, 2.75) is 12.6 Å². The molecule has 1 atom stereocenters. The first-order valence-corrected chi connectivity index (χ1v) is 9.16. The molecule has 1 saturated heterocycles. The Hall–Kier alpha value is -2.64. The Morgan fingerprint density at radius 2 is 2.00 bits per heavy atom. The second kappa shape index (κ2) is 7.08. The number of carbonyl (C=O) groups excluding carboxylic acids is 1. The summed E-state index contributed by atoms with van der Waals surface area (Å²) in [4.78, 5) is 11.0. The summed E-state index contributed by atoms with van der Waals surface area (Å²) in [7, 11) is -3.78. The summed E-state index contributed by atoms with van der Waals surface area (Å²) in [6.45, 7) is 4.05. The number of nitrogens with one attached hydrogen (secondary N) is 1. The monoisotopic (exact) mass is 358 g/mol. The van der Waals surface area contributed by atoms with E-state index in [1.54, 1.807) is 24.3 Å². The van der Waals surface area contributed by atoms with Gasteiger partial charge in [-0.15, -0.1) is 0 Å². The van der Waals surface area contributed by atoms with Crippen molar-refractivity contribution in [3.8, 4) is 5.75 Å². The Balaban J connectivity index is 1.93. The molecule has 3 rings (SSSR count). The van der Waals surface area contributed by atoms with Gasteiger partial charge in [0, 0.05) is 0 Å². The lowest BCUT2D eigenvalue weighted by molar-refractivity contribution is -0.108. The predicted octanol–water partition coefficient (Wildman–Crippen LogP) is 2.13. The number of hydrogen-bond acceptors (Lipinski definition) is 4. The average Bonchev–Trinajstić information content (AvgIpc) is 2.95. The Morgan fingerprint density at radius 3 is 2.64 bits per heavy atom. The van der Waals surface area contributed by atoms with Gasteiger partial charge in [0.05, 0.1) is 18.3 Å². The van der Waals surface area contributed by atoms with Crippen LogP contribution in [-0.2, 0) is 21.6 Å². The van der Waals surface area contributed by atoms with Gasteiger partial charge >= 0.3 is 10.2 Å². The van der Waals surface area contributed by atoms with Crippen molar-refractivity contribution in [1.82, 2.24) is 4.72 Å². The minimum absolute atomic E-state index is 0.0287. The first kappa shape index (κ1) is 17.2. The van der Waals surface area contributed by atoms with Crippen molar-refractivity contribution in [2.75, 3.05) is 10.8 Å². The van der Waals surface area contributed by atoms with Crippen molar-refractivity contribution in [1.29, 1.82) is 0 Å². The number of ether oxygens (including phenoxy) is 1. The average molecular weight is 358 g/mol. The Kier molecular flexibility index (Phi) is 4.87. The van der Waals surface area contributed by atoms with E-state index in [4.69, 9.17) is 4.74 Å². The normalized spacial score (nSPS) is 18.7. The van der Waals surface area contributed by atoms with Crippen molar-refractivity contribution in [3.63, 3.8) is 0 Å². The van der Waals surface area contributed by atoms with E-state index in [0.29, 0.717) is 24.3 Å². The van der Waals surface area contributed by atoms with E-state index in [1.807, 2.05) is 30.3 Å². The van der Waals surface area contributed by atoms with E-state index in [1.165, 1.54) is 0 Å². The fourth-order valence-electron chi connectivity index (χ4n) is 2.58. The first-order chi connectivity index (χ1) is 12.0. The summed E-state index contributed by atoms with van der Waals surface area (Å²) in [6.07, 6.45) is 2.24. The van der Waals surface area contributed by atoms with Crippen LogP contribution in [0, 0.1) is 0 Å². The molecule has 6 nitrogen and oxygen atoms in total. The molecule has 1 aliphatic rings. The summed E-state index contributed by atoms with van der Waals surface area (Å²) in [5.41, 5.74) is 2.16. The van der Waals surface area contributed by atoms with Crippen LogP contribution in [0.15, 0.2) is 55.1 Å². The van der Waals surface area contributed by atoms with Gasteiger partial charge in [0.1, 0.15) is 18.6 Å². The predicted molar refractivity (Wildman–Crippen MR) is 96.6 cm³/mol.